The lowest BCUT2D eigenvalue weighted by Gasteiger charge is -2.23. The molecule has 1 rings (SSSR count). The Bertz CT molecular complexity index is 212. The summed E-state index contributed by atoms with van der Waals surface area (Å²) >= 11 is 0. The van der Waals surface area contributed by atoms with E-state index in [0.29, 0.717) is 12.2 Å². The van der Waals surface area contributed by atoms with E-state index in [2.05, 4.69) is 5.92 Å². The first-order chi connectivity index (χ1) is 5.69. The van der Waals surface area contributed by atoms with E-state index in [1.165, 1.54) is 6.42 Å². The van der Waals surface area contributed by atoms with Crippen LogP contribution in [0.4, 0.5) is 0 Å². The van der Waals surface area contributed by atoms with Crippen LogP contribution in [0.5, 0.6) is 0 Å². The fraction of sp³-hybridized carbons (Fsp3) is 0.727. The van der Waals surface area contributed by atoms with Gasteiger partial charge in [0.15, 0.2) is 0 Å². The fourth-order valence-electron chi connectivity index (χ4n) is 1.83. The summed E-state index contributed by atoms with van der Waals surface area (Å²) in [5.74, 6) is 2.99. The normalized spacial score (nSPS) is 30.8. The van der Waals surface area contributed by atoms with Crippen LogP contribution < -0.4 is 0 Å². The molecular weight excluding hydrogens is 148 g/mol. The molecule has 1 nitrogen and oxygen atoms in total. The monoisotopic (exact) mass is 164 g/mol. The van der Waals surface area contributed by atoms with Gasteiger partial charge in [-0.2, -0.15) is 0 Å². The summed E-state index contributed by atoms with van der Waals surface area (Å²) < 4.78 is 0. The fourth-order valence-corrected chi connectivity index (χ4v) is 1.83. The van der Waals surface area contributed by atoms with Crippen LogP contribution >= 0.6 is 0 Å². The highest BCUT2D eigenvalue weighted by atomic mass is 16.1. The highest BCUT2D eigenvalue weighted by molar-refractivity contribution is 5.84. The minimum Gasteiger partial charge on any atom is -0.299 e. The second-order valence-corrected chi connectivity index (χ2v) is 3.93. The number of carbonyl (C=O) groups is 1. The van der Waals surface area contributed by atoms with E-state index in [0.717, 1.165) is 25.7 Å². The number of carbonyl (C=O) groups excluding carboxylic acids is 1. The van der Waals surface area contributed by atoms with Crippen molar-refractivity contribution >= 4 is 5.78 Å². The van der Waals surface area contributed by atoms with Crippen molar-refractivity contribution in [3.8, 4) is 12.3 Å². The summed E-state index contributed by atoms with van der Waals surface area (Å²) in [7, 11) is 0. The first kappa shape index (κ1) is 9.32. The molecule has 1 aliphatic rings. The lowest BCUT2D eigenvalue weighted by Crippen LogP contribution is -2.25. The summed E-state index contributed by atoms with van der Waals surface area (Å²) in [6.45, 7) is 2.01. The summed E-state index contributed by atoms with van der Waals surface area (Å²) in [5.41, 5.74) is -0.203. The molecular formula is C11H16O. The van der Waals surface area contributed by atoms with Gasteiger partial charge in [0, 0.05) is 18.3 Å². The number of rotatable bonds is 1. The van der Waals surface area contributed by atoms with E-state index < -0.39 is 0 Å². The molecule has 12 heavy (non-hydrogen) atoms. The van der Waals surface area contributed by atoms with Gasteiger partial charge >= 0.3 is 0 Å². The molecule has 1 atom stereocenters. The Labute approximate surface area is 74.5 Å². The molecule has 0 aromatic carbocycles. The van der Waals surface area contributed by atoms with Crippen LogP contribution in [0.1, 0.15) is 45.4 Å². The number of ketones is 1. The summed E-state index contributed by atoms with van der Waals surface area (Å²) in [6, 6.07) is 0. The number of Topliss-reactive ketones (excluding diaryl/α,β-unsaturated/α-hetero) is 1. The van der Waals surface area contributed by atoms with Crippen molar-refractivity contribution < 1.29 is 4.79 Å². The van der Waals surface area contributed by atoms with Crippen molar-refractivity contribution in [1.82, 2.24) is 0 Å². The van der Waals surface area contributed by atoms with Gasteiger partial charge in [-0.25, -0.2) is 0 Å². The second kappa shape index (κ2) is 3.76. The third kappa shape index (κ3) is 1.88. The van der Waals surface area contributed by atoms with E-state index in [1.54, 1.807) is 0 Å². The molecule has 0 saturated heterocycles. The Kier molecular flexibility index (Phi) is 2.92. The van der Waals surface area contributed by atoms with Gasteiger partial charge in [-0.15, -0.1) is 12.3 Å². The summed E-state index contributed by atoms with van der Waals surface area (Å²) in [5, 5.41) is 0. The van der Waals surface area contributed by atoms with Crippen molar-refractivity contribution in [2.45, 2.75) is 45.4 Å². The molecule has 0 unspecified atom stereocenters. The molecule has 1 fully saturated rings. The predicted molar refractivity (Wildman–Crippen MR) is 49.6 cm³/mol. The molecule has 0 radical (unpaired) electrons. The van der Waals surface area contributed by atoms with Gasteiger partial charge in [0.1, 0.15) is 5.78 Å². The molecule has 1 heteroatoms. The van der Waals surface area contributed by atoms with Crippen molar-refractivity contribution in [2.75, 3.05) is 0 Å². The van der Waals surface area contributed by atoms with Gasteiger partial charge in [-0.1, -0.05) is 19.8 Å². The Morgan fingerprint density at radius 2 is 2.25 bits per heavy atom. The molecule has 0 amide bonds. The third-order valence-corrected chi connectivity index (χ3v) is 2.80. The van der Waals surface area contributed by atoms with E-state index in [-0.39, 0.29) is 5.41 Å². The highest BCUT2D eigenvalue weighted by Gasteiger charge is 2.32. The van der Waals surface area contributed by atoms with Crippen molar-refractivity contribution in [1.29, 1.82) is 0 Å². The molecule has 0 N–H and O–H groups in total. The van der Waals surface area contributed by atoms with Gasteiger partial charge in [0.2, 0.25) is 0 Å². The quantitative estimate of drug-likeness (QED) is 0.430. The van der Waals surface area contributed by atoms with Crippen LogP contribution in [-0.2, 0) is 4.79 Å². The molecule has 1 aliphatic carbocycles. The maximum absolute atomic E-state index is 11.6. The molecule has 0 heterocycles. The van der Waals surface area contributed by atoms with Crippen LogP contribution in [0.15, 0.2) is 0 Å². The van der Waals surface area contributed by atoms with Crippen LogP contribution in [0.3, 0.4) is 0 Å². The molecule has 0 aliphatic heterocycles. The summed E-state index contributed by atoms with van der Waals surface area (Å²) in [4.78, 5) is 11.6. The first-order valence-corrected chi connectivity index (χ1v) is 4.66. The summed E-state index contributed by atoms with van der Waals surface area (Å²) in [6.07, 6.45) is 11.0. The van der Waals surface area contributed by atoms with Crippen molar-refractivity contribution in [2.24, 2.45) is 5.41 Å². The second-order valence-electron chi connectivity index (χ2n) is 3.93. The zero-order valence-corrected chi connectivity index (χ0v) is 7.73. The Balaban J connectivity index is 2.70. The number of hydrogen-bond acceptors (Lipinski definition) is 1. The molecule has 1 saturated carbocycles. The SMILES string of the molecule is C#CC[C@@]1(C)CCCCCC1=O. The highest BCUT2D eigenvalue weighted by Crippen LogP contribution is 2.34. The predicted octanol–water partition coefficient (Wildman–Crippen LogP) is 2.55. The molecule has 0 bridgehead atoms. The van der Waals surface area contributed by atoms with E-state index in [4.69, 9.17) is 6.42 Å². The topological polar surface area (TPSA) is 17.1 Å². The maximum atomic E-state index is 11.6. The third-order valence-electron chi connectivity index (χ3n) is 2.80. The van der Waals surface area contributed by atoms with E-state index >= 15 is 0 Å². The minimum atomic E-state index is -0.203. The number of terminal acetylenes is 1. The zero-order chi connectivity index (χ0) is 9.03. The average Bonchev–Trinajstić information content (AvgIpc) is 2.17. The Hall–Kier alpha value is -0.770. The van der Waals surface area contributed by atoms with Crippen LogP contribution in [0, 0.1) is 17.8 Å². The molecule has 0 aromatic heterocycles. The van der Waals surface area contributed by atoms with Gasteiger partial charge in [-0.3, -0.25) is 4.79 Å². The zero-order valence-electron chi connectivity index (χ0n) is 7.73. The van der Waals surface area contributed by atoms with Crippen molar-refractivity contribution in [3.05, 3.63) is 0 Å². The Morgan fingerprint density at radius 1 is 1.50 bits per heavy atom. The molecule has 0 spiro atoms. The lowest BCUT2D eigenvalue weighted by molar-refractivity contribution is -0.127. The average molecular weight is 164 g/mol. The van der Waals surface area contributed by atoms with E-state index in [9.17, 15) is 4.79 Å². The lowest BCUT2D eigenvalue weighted by atomic mass is 9.79. The van der Waals surface area contributed by atoms with Gasteiger partial charge < -0.3 is 0 Å². The largest absolute Gasteiger partial charge is 0.299 e. The molecule has 0 aromatic rings. The minimum absolute atomic E-state index is 0.203. The van der Waals surface area contributed by atoms with Gasteiger partial charge in [0.25, 0.3) is 0 Å². The van der Waals surface area contributed by atoms with Gasteiger partial charge in [0.05, 0.1) is 0 Å². The van der Waals surface area contributed by atoms with Crippen molar-refractivity contribution in [3.63, 3.8) is 0 Å². The first-order valence-electron chi connectivity index (χ1n) is 4.66. The van der Waals surface area contributed by atoms with Crippen LogP contribution in [-0.4, -0.2) is 5.78 Å². The van der Waals surface area contributed by atoms with E-state index in [1.807, 2.05) is 6.92 Å². The van der Waals surface area contributed by atoms with Crippen LogP contribution in [0.25, 0.3) is 0 Å². The smallest absolute Gasteiger partial charge is 0.139 e. The maximum Gasteiger partial charge on any atom is 0.139 e. The standard InChI is InChI=1S/C11H16O/c1-3-8-11(2)9-6-4-5-7-10(11)12/h1H,4-9H2,2H3/t11-/m0/s1. The van der Waals surface area contributed by atoms with Gasteiger partial charge in [-0.05, 0) is 12.8 Å². The van der Waals surface area contributed by atoms with Crippen LogP contribution in [0.2, 0.25) is 0 Å². The Morgan fingerprint density at radius 3 is 2.92 bits per heavy atom. The number of hydrogen-bond donors (Lipinski definition) is 0. The molecule has 66 valence electrons.